The van der Waals surface area contributed by atoms with Crippen LogP contribution >= 0.6 is 0 Å². The lowest BCUT2D eigenvalue weighted by Crippen LogP contribution is -2.31. The topological polar surface area (TPSA) is 29.3 Å². The maximum absolute atomic E-state index is 6.16. The van der Waals surface area contributed by atoms with E-state index >= 15 is 0 Å². The Morgan fingerprint density at radius 1 is 1.16 bits per heavy atom. The molecule has 0 radical (unpaired) electrons. The second-order valence-corrected chi connectivity index (χ2v) is 6.64. The second kappa shape index (κ2) is 4.92. The molecule has 1 saturated carbocycles. The first-order chi connectivity index (χ1) is 9.12. The largest absolute Gasteiger partial charge is 0.327 e. The number of benzene rings is 1. The summed E-state index contributed by atoms with van der Waals surface area (Å²) in [6.45, 7) is 4.62. The van der Waals surface area contributed by atoms with Crippen LogP contribution in [0.2, 0.25) is 0 Å². The van der Waals surface area contributed by atoms with Crippen LogP contribution < -0.4 is 5.73 Å². The van der Waals surface area contributed by atoms with E-state index in [1.165, 1.54) is 49.9 Å². The molecule has 1 atom stereocenters. The number of hydrogen-bond acceptors (Lipinski definition) is 2. The van der Waals surface area contributed by atoms with Crippen LogP contribution in [0.4, 0.5) is 0 Å². The maximum atomic E-state index is 6.16. The monoisotopic (exact) mass is 258 g/mol. The number of nitrogens with two attached hydrogens (primary N) is 1. The highest BCUT2D eigenvalue weighted by Gasteiger charge is 2.47. The van der Waals surface area contributed by atoms with E-state index in [9.17, 15) is 0 Å². The van der Waals surface area contributed by atoms with Crippen LogP contribution in [0, 0.1) is 0 Å². The van der Waals surface area contributed by atoms with Crippen molar-refractivity contribution in [3.63, 3.8) is 0 Å². The van der Waals surface area contributed by atoms with Crippen LogP contribution in [-0.2, 0) is 5.41 Å². The molecule has 1 heterocycles. The van der Waals surface area contributed by atoms with Gasteiger partial charge in [0.05, 0.1) is 0 Å². The van der Waals surface area contributed by atoms with Gasteiger partial charge in [-0.1, -0.05) is 24.3 Å². The molecule has 0 bridgehead atoms. The molecule has 0 spiro atoms. The summed E-state index contributed by atoms with van der Waals surface area (Å²) in [5, 5.41) is 0. The molecule has 3 rings (SSSR count). The van der Waals surface area contributed by atoms with E-state index in [4.69, 9.17) is 5.73 Å². The Morgan fingerprint density at radius 2 is 1.74 bits per heavy atom. The lowest BCUT2D eigenvalue weighted by molar-refractivity contribution is 0.255. The summed E-state index contributed by atoms with van der Waals surface area (Å²) in [6, 6.07) is 9.66. The van der Waals surface area contributed by atoms with Gasteiger partial charge in [-0.15, -0.1) is 0 Å². The summed E-state index contributed by atoms with van der Waals surface area (Å²) < 4.78 is 0. The number of nitrogens with zero attached hydrogens (tertiary/aromatic N) is 1. The third-order valence-electron chi connectivity index (χ3n) is 5.34. The fraction of sp³-hybridized carbons (Fsp3) is 0.647. The van der Waals surface area contributed by atoms with Gasteiger partial charge >= 0.3 is 0 Å². The first-order valence-electron chi connectivity index (χ1n) is 7.66. The minimum atomic E-state index is 0.279. The molecule has 19 heavy (non-hydrogen) atoms. The van der Waals surface area contributed by atoms with Gasteiger partial charge in [0.25, 0.3) is 0 Å². The minimum Gasteiger partial charge on any atom is -0.327 e. The molecule has 2 aliphatic rings. The molecule has 2 fully saturated rings. The molecule has 1 unspecified atom stereocenters. The van der Waals surface area contributed by atoms with E-state index in [0.29, 0.717) is 5.41 Å². The van der Waals surface area contributed by atoms with Crippen LogP contribution in [0.25, 0.3) is 0 Å². The van der Waals surface area contributed by atoms with Gasteiger partial charge < -0.3 is 10.6 Å². The van der Waals surface area contributed by atoms with E-state index in [1.54, 1.807) is 0 Å². The van der Waals surface area contributed by atoms with Crippen molar-refractivity contribution in [3.8, 4) is 0 Å². The molecule has 1 saturated heterocycles. The normalized spacial score (nSPS) is 25.2. The van der Waals surface area contributed by atoms with Gasteiger partial charge in [-0.25, -0.2) is 0 Å². The van der Waals surface area contributed by atoms with Crippen molar-refractivity contribution in [3.05, 3.63) is 35.4 Å². The quantitative estimate of drug-likeness (QED) is 0.903. The summed E-state index contributed by atoms with van der Waals surface area (Å²) in [5.41, 5.74) is 9.44. The zero-order chi connectivity index (χ0) is 13.5. The average Bonchev–Trinajstić information content (AvgIpc) is 3.21. The third kappa shape index (κ3) is 2.44. The van der Waals surface area contributed by atoms with Crippen LogP contribution in [0.5, 0.6) is 0 Å². The van der Waals surface area contributed by atoms with Gasteiger partial charge in [0.2, 0.25) is 0 Å². The van der Waals surface area contributed by atoms with E-state index in [-0.39, 0.29) is 6.04 Å². The van der Waals surface area contributed by atoms with Crippen LogP contribution in [0.3, 0.4) is 0 Å². The van der Waals surface area contributed by atoms with Gasteiger partial charge in [0, 0.05) is 11.5 Å². The summed E-state index contributed by atoms with van der Waals surface area (Å²) in [7, 11) is 2.22. The highest BCUT2D eigenvalue weighted by molar-refractivity contribution is 5.36. The Bertz CT molecular complexity index is 423. The molecule has 1 aliphatic heterocycles. The molecule has 2 N–H and O–H groups in total. The van der Waals surface area contributed by atoms with Crippen molar-refractivity contribution in [2.45, 2.75) is 50.0 Å². The van der Waals surface area contributed by atoms with Gasteiger partial charge in [0.15, 0.2) is 0 Å². The molecule has 1 aromatic rings. The Kier molecular flexibility index (Phi) is 3.40. The standard InChI is InChI=1S/C17H26N2/c1-13(18)17(9-10-17)16-5-3-14(4-6-16)15-7-11-19(2)12-8-15/h3-6,13,15H,7-12,18H2,1-2H3. The van der Waals surface area contributed by atoms with Crippen molar-refractivity contribution in [1.82, 2.24) is 4.90 Å². The van der Waals surface area contributed by atoms with Crippen molar-refractivity contribution in [2.75, 3.05) is 20.1 Å². The predicted octanol–water partition coefficient (Wildman–Crippen LogP) is 2.87. The molecule has 1 aromatic carbocycles. The highest BCUT2D eigenvalue weighted by atomic mass is 15.1. The lowest BCUT2D eigenvalue weighted by Gasteiger charge is -2.29. The number of hydrogen-bond donors (Lipinski definition) is 1. The van der Waals surface area contributed by atoms with E-state index < -0.39 is 0 Å². The fourth-order valence-corrected chi connectivity index (χ4v) is 3.57. The molecule has 2 heteroatoms. The average molecular weight is 258 g/mol. The smallest absolute Gasteiger partial charge is 0.0108 e. The molecule has 2 nitrogen and oxygen atoms in total. The van der Waals surface area contributed by atoms with Crippen LogP contribution in [-0.4, -0.2) is 31.1 Å². The van der Waals surface area contributed by atoms with Crippen molar-refractivity contribution >= 4 is 0 Å². The van der Waals surface area contributed by atoms with Crippen molar-refractivity contribution < 1.29 is 0 Å². The molecule has 104 valence electrons. The third-order valence-corrected chi connectivity index (χ3v) is 5.34. The molecule has 0 amide bonds. The molecule has 1 aliphatic carbocycles. The number of likely N-dealkylation sites (tertiary alicyclic amines) is 1. The van der Waals surface area contributed by atoms with Crippen LogP contribution in [0.15, 0.2) is 24.3 Å². The van der Waals surface area contributed by atoms with Crippen LogP contribution in [0.1, 0.15) is 49.7 Å². The van der Waals surface area contributed by atoms with E-state index in [0.717, 1.165) is 5.92 Å². The van der Waals surface area contributed by atoms with Crippen molar-refractivity contribution in [2.24, 2.45) is 5.73 Å². The predicted molar refractivity (Wildman–Crippen MR) is 80.5 cm³/mol. The SMILES string of the molecule is CC(N)C1(c2ccc(C3CCN(C)CC3)cc2)CC1. The summed E-state index contributed by atoms with van der Waals surface area (Å²) >= 11 is 0. The Balaban J connectivity index is 1.73. The van der Waals surface area contributed by atoms with E-state index in [2.05, 4.69) is 43.1 Å². The molecule has 0 aromatic heterocycles. The number of piperidine rings is 1. The Morgan fingerprint density at radius 3 is 2.21 bits per heavy atom. The van der Waals surface area contributed by atoms with Gasteiger partial charge in [-0.3, -0.25) is 0 Å². The van der Waals surface area contributed by atoms with E-state index in [1.807, 2.05) is 0 Å². The van der Waals surface area contributed by atoms with Gasteiger partial charge in [0.1, 0.15) is 0 Å². The summed E-state index contributed by atoms with van der Waals surface area (Å²) in [4.78, 5) is 2.43. The fourth-order valence-electron chi connectivity index (χ4n) is 3.57. The summed E-state index contributed by atoms with van der Waals surface area (Å²) in [5.74, 6) is 0.760. The highest BCUT2D eigenvalue weighted by Crippen LogP contribution is 2.50. The Hall–Kier alpha value is -0.860. The summed E-state index contributed by atoms with van der Waals surface area (Å²) in [6.07, 6.45) is 5.12. The first-order valence-corrected chi connectivity index (χ1v) is 7.66. The second-order valence-electron chi connectivity index (χ2n) is 6.64. The zero-order valence-electron chi connectivity index (χ0n) is 12.2. The van der Waals surface area contributed by atoms with Crippen molar-refractivity contribution in [1.29, 1.82) is 0 Å². The minimum absolute atomic E-state index is 0.279. The zero-order valence-corrected chi connectivity index (χ0v) is 12.2. The molecular weight excluding hydrogens is 232 g/mol. The number of rotatable bonds is 3. The van der Waals surface area contributed by atoms with Gasteiger partial charge in [-0.05, 0) is 69.8 Å². The first kappa shape index (κ1) is 13.1. The maximum Gasteiger partial charge on any atom is 0.0108 e. The van der Waals surface area contributed by atoms with Gasteiger partial charge in [-0.2, -0.15) is 0 Å². The molecular formula is C17H26N2. The lowest BCUT2D eigenvalue weighted by atomic mass is 9.85. The Labute approximate surface area is 117 Å².